The van der Waals surface area contributed by atoms with Gasteiger partial charge in [-0.05, 0) is 23.2 Å². The Morgan fingerprint density at radius 2 is 0.865 bits per heavy atom. The Morgan fingerprint density at radius 3 is 1.13 bits per heavy atom. The summed E-state index contributed by atoms with van der Waals surface area (Å²) in [5.41, 5.74) is 7.89. The van der Waals surface area contributed by atoms with Crippen molar-refractivity contribution in [3.63, 3.8) is 0 Å². The van der Waals surface area contributed by atoms with Crippen LogP contribution in [0, 0.1) is 27.7 Å². The molecule has 0 N–H and O–H groups in total. The second kappa shape index (κ2) is 27.5. The molecule has 0 spiro atoms. The van der Waals surface area contributed by atoms with Crippen molar-refractivity contribution in [2.24, 2.45) is 0 Å². The van der Waals surface area contributed by atoms with E-state index in [0.717, 1.165) is 37.8 Å². The van der Waals surface area contributed by atoms with Gasteiger partial charge in [-0.25, -0.2) is 0 Å². The Labute approximate surface area is 371 Å². The molecule has 2 radical (unpaired) electrons. The van der Waals surface area contributed by atoms with Crippen molar-refractivity contribution >= 4 is 132 Å². The van der Waals surface area contributed by atoms with E-state index in [9.17, 15) is 0 Å². The quantitative estimate of drug-likeness (QED) is 0.0810. The summed E-state index contributed by atoms with van der Waals surface area (Å²) in [6, 6.07) is 40.0. The van der Waals surface area contributed by atoms with E-state index in [4.69, 9.17) is 66.5 Å². The molecule has 0 saturated carbocycles. The van der Waals surface area contributed by atoms with Gasteiger partial charge in [0.1, 0.15) is 0 Å². The number of halogens is 8. The fourth-order valence-electron chi connectivity index (χ4n) is 5.16. The third kappa shape index (κ3) is 19.7. The van der Waals surface area contributed by atoms with E-state index in [1.807, 2.05) is 0 Å². The van der Waals surface area contributed by atoms with Gasteiger partial charge in [-0.1, -0.05) is 111 Å². The maximum atomic E-state index is 5.55. The van der Waals surface area contributed by atoms with Crippen molar-refractivity contribution in [2.45, 2.75) is 51.6 Å². The molecule has 0 nitrogen and oxygen atoms in total. The summed E-state index contributed by atoms with van der Waals surface area (Å²) < 4.78 is 0. The fraction of sp³-hybridized carbons (Fsp3) is 0.200. The number of unbranched alkanes of at least 4 members (excludes halogenated alkanes) is 2. The average molecular weight is 984 g/mol. The molecule has 280 valence electrons. The number of hydrogen-bond donors (Lipinski definition) is 0. The van der Waals surface area contributed by atoms with Crippen molar-refractivity contribution in [3.8, 4) is 22.3 Å². The minimum absolute atomic E-state index is 0. The summed E-state index contributed by atoms with van der Waals surface area (Å²) in [4.78, 5) is 0. The van der Waals surface area contributed by atoms with Crippen LogP contribution in [0.15, 0.2) is 121 Å². The Balaban J connectivity index is 0.000000682. The van der Waals surface area contributed by atoms with Gasteiger partial charge in [-0.2, -0.15) is 25.0 Å². The molecule has 52 heavy (non-hydrogen) atoms. The van der Waals surface area contributed by atoms with Crippen molar-refractivity contribution in [3.05, 3.63) is 146 Å². The fourth-order valence-corrected chi connectivity index (χ4v) is 8.87. The Bertz CT molecular complexity index is 1680. The molecule has 6 aromatic carbocycles. The van der Waals surface area contributed by atoms with Crippen molar-refractivity contribution in [1.82, 2.24) is 0 Å². The van der Waals surface area contributed by atoms with Crippen LogP contribution in [0.2, 0.25) is 12.1 Å². The Hall–Kier alpha value is -0.0462. The van der Waals surface area contributed by atoms with E-state index in [1.165, 1.54) is 78.3 Å². The summed E-state index contributed by atoms with van der Waals surface area (Å²) in [6.45, 7) is 14.6. The van der Waals surface area contributed by atoms with Gasteiger partial charge >= 0.3 is 42.2 Å². The van der Waals surface area contributed by atoms with Crippen LogP contribution >= 0.6 is 91.3 Å². The van der Waals surface area contributed by atoms with Crippen molar-refractivity contribution < 1.29 is 23.3 Å². The molecule has 0 aliphatic rings. The van der Waals surface area contributed by atoms with Gasteiger partial charge in [-0.3, -0.25) is 0 Å². The van der Waals surface area contributed by atoms with Crippen LogP contribution in [-0.4, -0.2) is 18.9 Å². The first-order chi connectivity index (χ1) is 23.8. The molecule has 6 rings (SSSR count). The summed E-state index contributed by atoms with van der Waals surface area (Å²) in [5, 5.41) is 5.37. The van der Waals surface area contributed by atoms with E-state index in [1.54, 1.807) is 0 Å². The molecule has 0 atom stereocenters. The summed E-state index contributed by atoms with van der Waals surface area (Å²) >= 11 is 34.7. The van der Waals surface area contributed by atoms with Crippen LogP contribution < -0.4 is 0 Å². The van der Waals surface area contributed by atoms with Gasteiger partial charge < -0.3 is 13.8 Å². The molecule has 0 aliphatic carbocycles. The maximum absolute atomic E-state index is 5.55. The second-order valence-corrected chi connectivity index (χ2v) is 30.1. The average Bonchev–Trinajstić information content (AvgIpc) is 3.69. The molecular formula is C40H44Cl8Si3Zr-4. The van der Waals surface area contributed by atoms with E-state index in [0.29, 0.717) is 0 Å². The van der Waals surface area contributed by atoms with Crippen LogP contribution in [-0.2, 0) is 23.3 Å². The second-order valence-electron chi connectivity index (χ2n) is 11.6. The molecule has 6 aromatic rings. The van der Waals surface area contributed by atoms with Crippen molar-refractivity contribution in [2.75, 3.05) is 0 Å². The van der Waals surface area contributed by atoms with Gasteiger partial charge in [0.25, 0.3) is 0 Å². The molecule has 0 bridgehead atoms. The first-order valence-electron chi connectivity index (χ1n) is 16.2. The first kappa shape index (κ1) is 52.0. The molecule has 12 heteroatoms. The third-order valence-corrected chi connectivity index (χ3v) is 12.6. The SMILES string of the molecule is Cc1cc2c(-c3ccccc3)cccc2[cH-]1.Cc1cc2c(-c3ccccc3)cccc2[cH-]1.Cl.Cl.[CH2-]CCC[Si](Cl)(Cl)Cl.[CH2-]CCC[Si](Cl)(Cl)Cl.[Si]=[Zr]. The number of aryl methyl sites for hydroxylation is 2. The van der Waals surface area contributed by atoms with Crippen LogP contribution in [0.25, 0.3) is 43.8 Å². The van der Waals surface area contributed by atoms with Gasteiger partial charge in [0, 0.05) is 0 Å². The Kier molecular flexibility index (Phi) is 27.5. The first-order valence-corrected chi connectivity index (χ1v) is 30.9. The van der Waals surface area contributed by atoms with Crippen LogP contribution in [0.3, 0.4) is 0 Å². The molecule has 0 unspecified atom stereocenters. The van der Waals surface area contributed by atoms with E-state index < -0.39 is 12.0 Å². The van der Waals surface area contributed by atoms with Crippen LogP contribution in [0.5, 0.6) is 0 Å². The molecule has 0 aromatic heterocycles. The predicted molar refractivity (Wildman–Crippen MR) is 245 cm³/mol. The van der Waals surface area contributed by atoms with Gasteiger partial charge in [-0.15, -0.1) is 160 Å². The standard InChI is InChI=1S/2C16H13.2C4H8Cl3Si.2ClH.Si.Zr/c2*1-12-10-14-8-5-9-15(16(14)11-12)13-6-3-2-4-7-13;2*1-2-3-4-8(5,6)7;;;;/h2*2-11H,1H3;2*1-4H2;2*1H;;/q4*-1;;;;. The zero-order valence-electron chi connectivity index (χ0n) is 29.3. The van der Waals surface area contributed by atoms with Crippen LogP contribution in [0.4, 0.5) is 0 Å². The van der Waals surface area contributed by atoms with Gasteiger partial charge in [0.2, 0.25) is 0 Å². The third-order valence-electron chi connectivity index (χ3n) is 7.38. The molecular weight excluding hydrogens is 940 g/mol. The molecule has 0 amide bonds. The number of rotatable bonds is 8. The summed E-state index contributed by atoms with van der Waals surface area (Å²) in [5.74, 6) is 0. The van der Waals surface area contributed by atoms with E-state index >= 15 is 0 Å². The molecule has 0 heterocycles. The van der Waals surface area contributed by atoms with Gasteiger partial charge in [0.15, 0.2) is 0 Å². The number of fused-ring (bicyclic) bond motifs is 2. The van der Waals surface area contributed by atoms with Gasteiger partial charge in [0.05, 0.1) is 0 Å². The minimum atomic E-state index is -2.30. The predicted octanol–water partition coefficient (Wildman–Crippen LogP) is 16.0. The summed E-state index contributed by atoms with van der Waals surface area (Å²) in [6.07, 6.45) is 3.59. The number of hydrogen-bond acceptors (Lipinski definition) is 0. The topological polar surface area (TPSA) is 0 Å². The molecule has 0 fully saturated rings. The van der Waals surface area contributed by atoms with E-state index in [2.05, 4.69) is 156 Å². The Morgan fingerprint density at radius 1 is 0.538 bits per heavy atom. The number of benzene rings is 4. The normalized spacial score (nSPS) is 10.4. The van der Waals surface area contributed by atoms with Crippen molar-refractivity contribution in [1.29, 1.82) is 0 Å². The summed E-state index contributed by atoms with van der Waals surface area (Å²) in [7, 11) is 0. The molecule has 0 saturated heterocycles. The zero-order chi connectivity index (χ0) is 37.2. The zero-order valence-corrected chi connectivity index (χ0v) is 40.9. The van der Waals surface area contributed by atoms with Crippen LogP contribution in [0.1, 0.15) is 36.8 Å². The van der Waals surface area contributed by atoms with E-state index in [-0.39, 0.29) is 24.8 Å². The molecule has 0 aliphatic heterocycles. The monoisotopic (exact) mass is 978 g/mol.